The van der Waals surface area contributed by atoms with E-state index in [9.17, 15) is 9.59 Å². The van der Waals surface area contributed by atoms with Crippen molar-refractivity contribution in [2.24, 2.45) is 5.73 Å². The van der Waals surface area contributed by atoms with E-state index in [1.165, 1.54) is 0 Å². The summed E-state index contributed by atoms with van der Waals surface area (Å²) < 4.78 is 7.17. The molecule has 1 saturated heterocycles. The second-order valence-corrected chi connectivity index (χ2v) is 6.28. The number of hydrogen-bond donors (Lipinski definition) is 3. The van der Waals surface area contributed by atoms with Crippen molar-refractivity contribution in [1.29, 1.82) is 0 Å². The maximum atomic E-state index is 12.3. The molecule has 4 N–H and O–H groups in total. The summed E-state index contributed by atoms with van der Waals surface area (Å²) in [5.41, 5.74) is 6.76. The Morgan fingerprint density at radius 1 is 1.31 bits per heavy atom. The zero-order valence-corrected chi connectivity index (χ0v) is 14.6. The summed E-state index contributed by atoms with van der Waals surface area (Å²) in [5.74, 6) is -0.392. The summed E-state index contributed by atoms with van der Waals surface area (Å²) in [6.45, 7) is 2.18. The van der Waals surface area contributed by atoms with Crippen LogP contribution in [0, 0.1) is 0 Å². The van der Waals surface area contributed by atoms with E-state index < -0.39 is 12.1 Å². The molecule has 1 aliphatic heterocycles. The number of benzene rings is 1. The van der Waals surface area contributed by atoms with Crippen LogP contribution in [0.15, 0.2) is 42.7 Å². The molecule has 1 unspecified atom stereocenters. The lowest BCUT2D eigenvalue weighted by molar-refractivity contribution is -0.126. The SMILES string of the molecule is CC(C(=O)Nc1cccc(NC(=O)[C@@H]2CC[C@H](CN)O2)c1)n1cccn1. The van der Waals surface area contributed by atoms with Gasteiger partial charge in [0, 0.05) is 30.3 Å². The molecule has 1 aromatic carbocycles. The first-order valence-corrected chi connectivity index (χ1v) is 8.63. The molecule has 0 bridgehead atoms. The monoisotopic (exact) mass is 357 g/mol. The minimum absolute atomic E-state index is 0.0554. The number of rotatable bonds is 6. The predicted molar refractivity (Wildman–Crippen MR) is 97.6 cm³/mol. The molecule has 2 aromatic rings. The van der Waals surface area contributed by atoms with Gasteiger partial charge >= 0.3 is 0 Å². The zero-order valence-electron chi connectivity index (χ0n) is 14.6. The minimum atomic E-state index is -0.485. The third-order valence-electron chi connectivity index (χ3n) is 4.36. The molecule has 0 saturated carbocycles. The lowest BCUT2D eigenvalue weighted by atomic mass is 10.2. The summed E-state index contributed by atoms with van der Waals surface area (Å²) in [6.07, 6.45) is 4.26. The van der Waals surface area contributed by atoms with Gasteiger partial charge in [-0.3, -0.25) is 14.3 Å². The van der Waals surface area contributed by atoms with Crippen LogP contribution in [0.5, 0.6) is 0 Å². The van der Waals surface area contributed by atoms with Crippen LogP contribution in [0.3, 0.4) is 0 Å². The van der Waals surface area contributed by atoms with Crippen molar-refractivity contribution in [1.82, 2.24) is 9.78 Å². The van der Waals surface area contributed by atoms with E-state index in [4.69, 9.17) is 10.5 Å². The molecular weight excluding hydrogens is 334 g/mol. The second kappa shape index (κ2) is 8.11. The van der Waals surface area contributed by atoms with Crippen molar-refractivity contribution in [2.45, 2.75) is 38.0 Å². The number of anilines is 2. The maximum absolute atomic E-state index is 12.3. The van der Waals surface area contributed by atoms with Crippen molar-refractivity contribution in [3.63, 3.8) is 0 Å². The van der Waals surface area contributed by atoms with Crippen LogP contribution < -0.4 is 16.4 Å². The molecule has 0 radical (unpaired) electrons. The molecular formula is C18H23N5O3. The number of hydrogen-bond acceptors (Lipinski definition) is 5. The van der Waals surface area contributed by atoms with E-state index in [0.29, 0.717) is 24.3 Å². The number of nitrogens with two attached hydrogens (primary N) is 1. The van der Waals surface area contributed by atoms with E-state index >= 15 is 0 Å². The smallest absolute Gasteiger partial charge is 0.253 e. The van der Waals surface area contributed by atoms with Gasteiger partial charge in [-0.15, -0.1) is 0 Å². The van der Waals surface area contributed by atoms with Crippen molar-refractivity contribution in [3.05, 3.63) is 42.7 Å². The number of nitrogens with zero attached hydrogens (tertiary/aromatic N) is 2. The molecule has 26 heavy (non-hydrogen) atoms. The average Bonchev–Trinajstić information content (AvgIpc) is 3.33. The number of amides is 2. The van der Waals surface area contributed by atoms with Crippen LogP contribution in [0.2, 0.25) is 0 Å². The van der Waals surface area contributed by atoms with E-state index in [0.717, 1.165) is 6.42 Å². The lowest BCUT2D eigenvalue weighted by Crippen LogP contribution is -2.29. The average molecular weight is 357 g/mol. The van der Waals surface area contributed by atoms with E-state index in [1.54, 1.807) is 54.3 Å². The molecule has 2 amide bonds. The Labute approximate surface area is 151 Å². The molecule has 1 aromatic heterocycles. The highest BCUT2D eigenvalue weighted by Gasteiger charge is 2.29. The fourth-order valence-electron chi connectivity index (χ4n) is 2.85. The lowest BCUT2D eigenvalue weighted by Gasteiger charge is -2.15. The van der Waals surface area contributed by atoms with Gasteiger partial charge in [0.1, 0.15) is 12.1 Å². The van der Waals surface area contributed by atoms with Crippen LogP contribution in [0.4, 0.5) is 11.4 Å². The van der Waals surface area contributed by atoms with Gasteiger partial charge in [0.25, 0.3) is 5.91 Å². The van der Waals surface area contributed by atoms with Crippen LogP contribution in [-0.2, 0) is 14.3 Å². The maximum Gasteiger partial charge on any atom is 0.253 e. The second-order valence-electron chi connectivity index (χ2n) is 6.28. The van der Waals surface area contributed by atoms with Crippen molar-refractivity contribution < 1.29 is 14.3 Å². The van der Waals surface area contributed by atoms with E-state index in [2.05, 4.69) is 15.7 Å². The summed E-state index contributed by atoms with van der Waals surface area (Å²) >= 11 is 0. The summed E-state index contributed by atoms with van der Waals surface area (Å²) in [4.78, 5) is 24.6. The highest BCUT2D eigenvalue weighted by molar-refractivity contribution is 5.96. The van der Waals surface area contributed by atoms with Crippen LogP contribution in [0.25, 0.3) is 0 Å². The Balaban J connectivity index is 1.59. The van der Waals surface area contributed by atoms with Gasteiger partial charge in [0.05, 0.1) is 6.10 Å². The molecule has 3 rings (SSSR count). The van der Waals surface area contributed by atoms with Crippen molar-refractivity contribution >= 4 is 23.2 Å². The molecule has 1 aliphatic rings. The van der Waals surface area contributed by atoms with Gasteiger partial charge < -0.3 is 21.1 Å². The van der Waals surface area contributed by atoms with Gasteiger partial charge in [0.15, 0.2) is 0 Å². The molecule has 8 nitrogen and oxygen atoms in total. The molecule has 3 atom stereocenters. The normalized spacial score (nSPS) is 20.5. The van der Waals surface area contributed by atoms with Crippen LogP contribution in [0.1, 0.15) is 25.8 Å². The Kier molecular flexibility index (Phi) is 5.65. The van der Waals surface area contributed by atoms with Gasteiger partial charge in [-0.1, -0.05) is 6.07 Å². The summed E-state index contributed by atoms with van der Waals surface area (Å²) in [7, 11) is 0. The van der Waals surface area contributed by atoms with Gasteiger partial charge in [-0.2, -0.15) is 5.10 Å². The molecule has 2 heterocycles. The Hall–Kier alpha value is -2.71. The third kappa shape index (κ3) is 4.27. The number of aromatic nitrogens is 2. The summed E-state index contributed by atoms with van der Waals surface area (Å²) in [5, 5.41) is 9.72. The van der Waals surface area contributed by atoms with Gasteiger partial charge in [0.2, 0.25) is 5.91 Å². The topological polar surface area (TPSA) is 111 Å². The van der Waals surface area contributed by atoms with Crippen LogP contribution >= 0.6 is 0 Å². The number of ether oxygens (including phenoxy) is 1. The predicted octanol–water partition coefficient (Wildman–Crippen LogP) is 1.53. The van der Waals surface area contributed by atoms with Gasteiger partial charge in [-0.25, -0.2) is 0 Å². The largest absolute Gasteiger partial charge is 0.364 e. The highest BCUT2D eigenvalue weighted by Crippen LogP contribution is 2.22. The summed E-state index contributed by atoms with van der Waals surface area (Å²) in [6, 6.07) is 8.33. The van der Waals surface area contributed by atoms with Crippen LogP contribution in [-0.4, -0.2) is 40.3 Å². The molecule has 1 fully saturated rings. The fourth-order valence-corrected chi connectivity index (χ4v) is 2.85. The molecule has 8 heteroatoms. The van der Waals surface area contributed by atoms with Crippen molar-refractivity contribution in [2.75, 3.05) is 17.2 Å². The van der Waals surface area contributed by atoms with Crippen molar-refractivity contribution in [3.8, 4) is 0 Å². The molecule has 0 spiro atoms. The Morgan fingerprint density at radius 2 is 2.08 bits per heavy atom. The van der Waals surface area contributed by atoms with E-state index in [-0.39, 0.29) is 17.9 Å². The minimum Gasteiger partial charge on any atom is -0.364 e. The first kappa shape index (κ1) is 18.1. The standard InChI is InChI=1S/C18H23N5O3/c1-12(23-9-3-8-20-23)17(24)21-13-4-2-5-14(10-13)22-18(25)16-7-6-15(11-19)26-16/h2-5,8-10,12,15-16H,6-7,11,19H2,1H3,(H,21,24)(H,22,25)/t12?,15-,16+/m1/s1. The Morgan fingerprint density at radius 3 is 2.73 bits per heavy atom. The number of carbonyl (C=O) groups is 2. The zero-order chi connectivity index (χ0) is 18.5. The first-order chi connectivity index (χ1) is 12.6. The fraction of sp³-hybridized carbons (Fsp3) is 0.389. The highest BCUT2D eigenvalue weighted by atomic mass is 16.5. The molecule has 138 valence electrons. The number of nitrogens with one attached hydrogen (secondary N) is 2. The quantitative estimate of drug-likeness (QED) is 0.726. The number of carbonyl (C=O) groups excluding carboxylic acids is 2. The third-order valence-corrected chi connectivity index (χ3v) is 4.36. The van der Waals surface area contributed by atoms with E-state index in [1.807, 2.05) is 0 Å². The van der Waals surface area contributed by atoms with Gasteiger partial charge in [-0.05, 0) is 44.0 Å². The first-order valence-electron chi connectivity index (χ1n) is 8.63. The molecule has 0 aliphatic carbocycles. The Bertz CT molecular complexity index is 762.